The standard InChI is InChI=1S/C24H24ClNO5S/c1-30-20-10-12-21(13-11-20)31-23-14-9-19(25)16-22(23)26-24(27)17-32(28,29)15-5-8-18-6-3-2-4-7-18/h2-4,6-7,9-14,16H,5,8,15,17H2,1H3,(H,26,27). The van der Waals surface area contributed by atoms with Gasteiger partial charge in [-0.05, 0) is 60.9 Å². The van der Waals surface area contributed by atoms with E-state index in [1.807, 2.05) is 30.3 Å². The first-order chi connectivity index (χ1) is 15.3. The van der Waals surface area contributed by atoms with E-state index < -0.39 is 21.5 Å². The smallest absolute Gasteiger partial charge is 0.239 e. The molecule has 168 valence electrons. The summed E-state index contributed by atoms with van der Waals surface area (Å²) < 4.78 is 35.7. The van der Waals surface area contributed by atoms with Crippen molar-refractivity contribution in [1.29, 1.82) is 0 Å². The molecule has 3 rings (SSSR count). The molecule has 0 saturated carbocycles. The monoisotopic (exact) mass is 473 g/mol. The molecule has 0 fully saturated rings. The molecule has 0 saturated heterocycles. The molecule has 3 aromatic carbocycles. The van der Waals surface area contributed by atoms with Crippen molar-refractivity contribution in [1.82, 2.24) is 0 Å². The van der Waals surface area contributed by atoms with Gasteiger partial charge in [-0.15, -0.1) is 0 Å². The van der Waals surface area contributed by atoms with Crippen LogP contribution in [0.2, 0.25) is 5.02 Å². The van der Waals surface area contributed by atoms with Crippen LogP contribution < -0.4 is 14.8 Å². The second-order valence-corrected chi connectivity index (χ2v) is 9.77. The zero-order valence-corrected chi connectivity index (χ0v) is 19.2. The molecule has 32 heavy (non-hydrogen) atoms. The van der Waals surface area contributed by atoms with E-state index in [0.29, 0.717) is 35.1 Å². The fourth-order valence-corrected chi connectivity index (χ4v) is 4.43. The molecule has 0 atom stereocenters. The molecule has 0 heterocycles. The highest BCUT2D eigenvalue weighted by atomic mass is 35.5. The zero-order valence-electron chi connectivity index (χ0n) is 17.6. The molecule has 0 aliphatic heterocycles. The van der Waals surface area contributed by atoms with Crippen molar-refractivity contribution in [2.24, 2.45) is 0 Å². The van der Waals surface area contributed by atoms with Crippen molar-refractivity contribution in [3.63, 3.8) is 0 Å². The van der Waals surface area contributed by atoms with Crippen molar-refractivity contribution >= 4 is 33.0 Å². The number of sulfone groups is 1. The Labute approximate surface area is 193 Å². The summed E-state index contributed by atoms with van der Waals surface area (Å²) >= 11 is 6.06. The van der Waals surface area contributed by atoms with E-state index >= 15 is 0 Å². The van der Waals surface area contributed by atoms with Crippen molar-refractivity contribution < 1.29 is 22.7 Å². The van der Waals surface area contributed by atoms with E-state index in [2.05, 4.69) is 5.32 Å². The molecule has 0 unspecified atom stereocenters. The summed E-state index contributed by atoms with van der Waals surface area (Å²) in [5, 5.41) is 2.99. The lowest BCUT2D eigenvalue weighted by molar-refractivity contribution is -0.113. The van der Waals surface area contributed by atoms with Gasteiger partial charge in [0.2, 0.25) is 5.91 Å². The third-order valence-corrected chi connectivity index (χ3v) is 6.47. The minimum absolute atomic E-state index is 0.0694. The van der Waals surface area contributed by atoms with E-state index in [1.165, 1.54) is 6.07 Å². The molecule has 0 radical (unpaired) electrons. The van der Waals surface area contributed by atoms with Gasteiger partial charge in [-0.3, -0.25) is 4.79 Å². The Balaban J connectivity index is 1.61. The minimum atomic E-state index is -3.56. The first-order valence-corrected chi connectivity index (χ1v) is 12.2. The summed E-state index contributed by atoms with van der Waals surface area (Å²) in [6, 6.07) is 21.3. The van der Waals surface area contributed by atoms with Gasteiger partial charge in [0.25, 0.3) is 0 Å². The number of carbonyl (C=O) groups excluding carboxylic acids is 1. The molecule has 0 bridgehead atoms. The average molecular weight is 474 g/mol. The van der Waals surface area contributed by atoms with Crippen LogP contribution >= 0.6 is 11.6 Å². The van der Waals surface area contributed by atoms with Gasteiger partial charge < -0.3 is 14.8 Å². The Morgan fingerprint density at radius 2 is 1.66 bits per heavy atom. The summed E-state index contributed by atoms with van der Waals surface area (Å²) in [7, 11) is -1.99. The van der Waals surface area contributed by atoms with Crippen LogP contribution in [0, 0.1) is 0 Å². The molecular weight excluding hydrogens is 450 g/mol. The van der Waals surface area contributed by atoms with E-state index in [0.717, 1.165) is 5.56 Å². The number of rotatable bonds is 10. The fourth-order valence-electron chi connectivity index (χ4n) is 3.06. The number of benzene rings is 3. The largest absolute Gasteiger partial charge is 0.497 e. The van der Waals surface area contributed by atoms with Gasteiger partial charge in [0.15, 0.2) is 15.6 Å². The Morgan fingerprint density at radius 1 is 0.969 bits per heavy atom. The first kappa shape index (κ1) is 23.6. The number of anilines is 1. The number of hydrogen-bond acceptors (Lipinski definition) is 5. The van der Waals surface area contributed by atoms with Gasteiger partial charge in [0.05, 0.1) is 18.6 Å². The maximum Gasteiger partial charge on any atom is 0.239 e. The van der Waals surface area contributed by atoms with Gasteiger partial charge in [0, 0.05) is 5.02 Å². The molecule has 0 spiro atoms. The number of halogens is 1. The molecule has 3 aromatic rings. The van der Waals surface area contributed by atoms with Crippen LogP contribution in [0.25, 0.3) is 0 Å². The number of aryl methyl sites for hydroxylation is 1. The topological polar surface area (TPSA) is 81.7 Å². The Kier molecular flexibility index (Phi) is 8.14. The maximum absolute atomic E-state index is 12.5. The first-order valence-electron chi connectivity index (χ1n) is 10.0. The summed E-state index contributed by atoms with van der Waals surface area (Å²) in [4.78, 5) is 12.5. The molecule has 0 aliphatic rings. The minimum Gasteiger partial charge on any atom is -0.497 e. The van der Waals surface area contributed by atoms with Crippen molar-refractivity contribution in [3.8, 4) is 17.2 Å². The van der Waals surface area contributed by atoms with Crippen LogP contribution in [-0.2, 0) is 21.1 Å². The molecule has 0 aromatic heterocycles. The van der Waals surface area contributed by atoms with E-state index in [9.17, 15) is 13.2 Å². The molecule has 1 amide bonds. The quantitative estimate of drug-likeness (QED) is 0.441. The molecule has 8 heteroatoms. The highest BCUT2D eigenvalue weighted by Gasteiger charge is 2.18. The zero-order chi connectivity index (χ0) is 23.0. The predicted octanol–water partition coefficient (Wildman–Crippen LogP) is 5.13. The van der Waals surface area contributed by atoms with Crippen LogP contribution in [0.4, 0.5) is 5.69 Å². The third-order valence-electron chi connectivity index (χ3n) is 4.62. The Hall–Kier alpha value is -3.03. The summed E-state index contributed by atoms with van der Waals surface area (Å²) in [5.74, 6) is 0.216. The van der Waals surface area contributed by atoms with Gasteiger partial charge in [-0.2, -0.15) is 0 Å². The van der Waals surface area contributed by atoms with Crippen LogP contribution in [0.3, 0.4) is 0 Å². The number of nitrogens with one attached hydrogen (secondary N) is 1. The summed E-state index contributed by atoms with van der Waals surface area (Å²) in [6.07, 6.45) is 1.08. The molecule has 0 aliphatic carbocycles. The molecule has 1 N–H and O–H groups in total. The SMILES string of the molecule is COc1ccc(Oc2ccc(Cl)cc2NC(=O)CS(=O)(=O)CCCc2ccccc2)cc1. The van der Waals surface area contributed by atoms with Crippen LogP contribution in [0.1, 0.15) is 12.0 Å². The average Bonchev–Trinajstić information content (AvgIpc) is 2.76. The molecular formula is C24H24ClNO5S. The molecule has 6 nitrogen and oxygen atoms in total. The number of ether oxygens (including phenoxy) is 2. The lowest BCUT2D eigenvalue weighted by Crippen LogP contribution is -2.25. The van der Waals surface area contributed by atoms with E-state index in [4.69, 9.17) is 21.1 Å². The second-order valence-electron chi connectivity index (χ2n) is 7.15. The number of hydrogen-bond donors (Lipinski definition) is 1. The highest BCUT2D eigenvalue weighted by molar-refractivity contribution is 7.92. The Morgan fingerprint density at radius 3 is 2.34 bits per heavy atom. The fraction of sp³-hybridized carbons (Fsp3) is 0.208. The van der Waals surface area contributed by atoms with Crippen LogP contribution in [0.5, 0.6) is 17.2 Å². The van der Waals surface area contributed by atoms with Crippen LogP contribution in [-0.4, -0.2) is 32.9 Å². The van der Waals surface area contributed by atoms with Crippen molar-refractivity contribution in [2.75, 3.05) is 23.9 Å². The van der Waals surface area contributed by atoms with Gasteiger partial charge >= 0.3 is 0 Å². The third kappa shape index (κ3) is 7.28. The predicted molar refractivity (Wildman–Crippen MR) is 127 cm³/mol. The van der Waals surface area contributed by atoms with Crippen LogP contribution in [0.15, 0.2) is 72.8 Å². The number of methoxy groups -OCH3 is 1. The summed E-state index contributed by atoms with van der Waals surface area (Å²) in [6.45, 7) is 0. The van der Waals surface area contributed by atoms with Gasteiger partial charge in [-0.25, -0.2) is 8.42 Å². The lowest BCUT2D eigenvalue weighted by atomic mass is 10.1. The Bertz CT molecular complexity index is 1150. The highest BCUT2D eigenvalue weighted by Crippen LogP contribution is 2.32. The van der Waals surface area contributed by atoms with E-state index in [1.54, 1.807) is 43.5 Å². The number of carbonyl (C=O) groups is 1. The maximum atomic E-state index is 12.5. The summed E-state index contributed by atoms with van der Waals surface area (Å²) in [5.41, 5.74) is 1.35. The van der Waals surface area contributed by atoms with E-state index in [-0.39, 0.29) is 11.4 Å². The normalized spacial score (nSPS) is 11.1. The second kappa shape index (κ2) is 11.0. The van der Waals surface area contributed by atoms with Gasteiger partial charge in [-0.1, -0.05) is 41.9 Å². The van der Waals surface area contributed by atoms with Crippen molar-refractivity contribution in [3.05, 3.63) is 83.4 Å². The lowest BCUT2D eigenvalue weighted by Gasteiger charge is -2.13. The van der Waals surface area contributed by atoms with Crippen molar-refractivity contribution in [2.45, 2.75) is 12.8 Å². The van der Waals surface area contributed by atoms with Gasteiger partial charge in [0.1, 0.15) is 17.3 Å². The number of amides is 1.